The molecular weight excluding hydrogens is 220 g/mol. The predicted octanol–water partition coefficient (Wildman–Crippen LogP) is 1.48. The first-order valence-electron chi connectivity index (χ1n) is 6.42. The summed E-state index contributed by atoms with van der Waals surface area (Å²) in [5, 5.41) is 3.44. The summed E-state index contributed by atoms with van der Waals surface area (Å²) in [4.78, 5) is 14.3. The molecule has 1 N–H and O–H groups in total. The molecule has 1 atom stereocenters. The van der Waals surface area contributed by atoms with Gasteiger partial charge >= 0.3 is 0 Å². The van der Waals surface area contributed by atoms with Crippen LogP contribution in [0.3, 0.4) is 0 Å². The molecule has 0 spiro atoms. The third kappa shape index (κ3) is 3.39. The van der Waals surface area contributed by atoms with Gasteiger partial charge in [-0.2, -0.15) is 11.8 Å². The standard InChI is InChI=1S/C12H22N2OS/c1-2-6-14(11-3-4-11)12(15)8-10-9-16-7-5-13-10/h10-11,13H,2-9H2,1H3. The fourth-order valence-electron chi connectivity index (χ4n) is 2.22. The van der Waals surface area contributed by atoms with E-state index in [0.717, 1.165) is 25.3 Å². The largest absolute Gasteiger partial charge is 0.340 e. The average Bonchev–Trinajstić information content (AvgIpc) is 3.11. The Morgan fingerprint density at radius 1 is 1.50 bits per heavy atom. The van der Waals surface area contributed by atoms with Gasteiger partial charge in [-0.05, 0) is 19.3 Å². The SMILES string of the molecule is CCCN(C(=O)CC1CSCCN1)C1CC1. The number of nitrogens with one attached hydrogen (secondary N) is 1. The van der Waals surface area contributed by atoms with Crippen molar-refractivity contribution < 1.29 is 4.79 Å². The lowest BCUT2D eigenvalue weighted by Gasteiger charge is -2.27. The summed E-state index contributed by atoms with van der Waals surface area (Å²) in [7, 11) is 0. The number of carbonyl (C=O) groups excluding carboxylic acids is 1. The Hall–Kier alpha value is -0.220. The summed E-state index contributed by atoms with van der Waals surface area (Å²) in [5.74, 6) is 2.65. The predicted molar refractivity (Wildman–Crippen MR) is 68.8 cm³/mol. The number of amides is 1. The molecule has 1 heterocycles. The number of hydrogen-bond donors (Lipinski definition) is 1. The smallest absolute Gasteiger partial charge is 0.224 e. The number of hydrogen-bond acceptors (Lipinski definition) is 3. The van der Waals surface area contributed by atoms with Gasteiger partial charge in [-0.15, -0.1) is 0 Å². The Labute approximate surface area is 102 Å². The van der Waals surface area contributed by atoms with E-state index >= 15 is 0 Å². The van der Waals surface area contributed by atoms with Crippen molar-refractivity contribution in [1.29, 1.82) is 0 Å². The van der Waals surface area contributed by atoms with Crippen LogP contribution in [-0.2, 0) is 4.79 Å². The Morgan fingerprint density at radius 2 is 2.31 bits per heavy atom. The molecule has 0 radical (unpaired) electrons. The van der Waals surface area contributed by atoms with E-state index in [9.17, 15) is 4.79 Å². The Kier molecular flexibility index (Phi) is 4.53. The molecule has 0 aromatic rings. The fourth-order valence-corrected chi connectivity index (χ4v) is 3.17. The number of carbonyl (C=O) groups is 1. The Morgan fingerprint density at radius 3 is 2.88 bits per heavy atom. The van der Waals surface area contributed by atoms with Crippen LogP contribution in [0.25, 0.3) is 0 Å². The summed E-state index contributed by atoms with van der Waals surface area (Å²) >= 11 is 1.96. The minimum atomic E-state index is 0.365. The Balaban J connectivity index is 1.79. The minimum Gasteiger partial charge on any atom is -0.340 e. The van der Waals surface area contributed by atoms with Gasteiger partial charge < -0.3 is 10.2 Å². The van der Waals surface area contributed by atoms with Gasteiger partial charge in [-0.1, -0.05) is 6.92 Å². The maximum atomic E-state index is 12.2. The van der Waals surface area contributed by atoms with Gasteiger partial charge in [0.2, 0.25) is 5.91 Å². The highest BCUT2D eigenvalue weighted by atomic mass is 32.2. The van der Waals surface area contributed by atoms with E-state index in [0.29, 0.717) is 24.4 Å². The van der Waals surface area contributed by atoms with Gasteiger partial charge in [0.25, 0.3) is 0 Å². The van der Waals surface area contributed by atoms with Crippen LogP contribution >= 0.6 is 11.8 Å². The molecule has 1 amide bonds. The molecule has 92 valence electrons. The first-order chi connectivity index (χ1) is 7.81. The van der Waals surface area contributed by atoms with Crippen molar-refractivity contribution in [2.24, 2.45) is 0 Å². The van der Waals surface area contributed by atoms with E-state index in [4.69, 9.17) is 0 Å². The van der Waals surface area contributed by atoms with E-state index in [1.807, 2.05) is 11.8 Å². The Bertz CT molecular complexity index is 237. The molecule has 0 aromatic carbocycles. The summed E-state index contributed by atoms with van der Waals surface area (Å²) in [6.45, 7) is 4.15. The monoisotopic (exact) mass is 242 g/mol. The highest BCUT2D eigenvalue weighted by Gasteiger charge is 2.32. The number of nitrogens with zero attached hydrogens (tertiary/aromatic N) is 1. The normalized spacial score (nSPS) is 25.4. The second-order valence-corrected chi connectivity index (χ2v) is 5.90. The van der Waals surface area contributed by atoms with Gasteiger partial charge in [0.05, 0.1) is 0 Å². The summed E-state index contributed by atoms with van der Waals surface area (Å²) < 4.78 is 0. The second-order valence-electron chi connectivity index (χ2n) is 4.75. The van der Waals surface area contributed by atoms with E-state index in [1.165, 1.54) is 18.6 Å². The molecule has 1 aliphatic carbocycles. The van der Waals surface area contributed by atoms with E-state index < -0.39 is 0 Å². The molecule has 1 saturated carbocycles. The molecule has 3 nitrogen and oxygen atoms in total. The number of thioether (sulfide) groups is 1. The molecule has 2 fully saturated rings. The zero-order valence-corrected chi connectivity index (χ0v) is 10.9. The van der Waals surface area contributed by atoms with E-state index in [1.54, 1.807) is 0 Å². The lowest BCUT2D eigenvalue weighted by Crippen LogP contribution is -2.43. The van der Waals surface area contributed by atoms with Gasteiger partial charge in [-0.3, -0.25) is 4.79 Å². The lowest BCUT2D eigenvalue weighted by molar-refractivity contribution is -0.132. The van der Waals surface area contributed by atoms with Crippen LogP contribution in [0.15, 0.2) is 0 Å². The first kappa shape index (κ1) is 12.2. The van der Waals surface area contributed by atoms with Crippen molar-refractivity contribution in [3.8, 4) is 0 Å². The van der Waals surface area contributed by atoms with Crippen LogP contribution in [0.4, 0.5) is 0 Å². The van der Waals surface area contributed by atoms with Crippen LogP contribution in [-0.4, -0.2) is 47.5 Å². The van der Waals surface area contributed by atoms with Crippen LogP contribution in [0.5, 0.6) is 0 Å². The molecule has 1 saturated heterocycles. The van der Waals surface area contributed by atoms with Crippen LogP contribution in [0.2, 0.25) is 0 Å². The molecule has 1 aliphatic heterocycles. The fraction of sp³-hybridized carbons (Fsp3) is 0.917. The highest BCUT2D eigenvalue weighted by molar-refractivity contribution is 7.99. The number of rotatable bonds is 5. The zero-order valence-electron chi connectivity index (χ0n) is 10.1. The molecule has 0 bridgehead atoms. The van der Waals surface area contributed by atoms with Crippen molar-refractivity contribution in [3.63, 3.8) is 0 Å². The van der Waals surface area contributed by atoms with Crippen LogP contribution in [0, 0.1) is 0 Å². The average molecular weight is 242 g/mol. The van der Waals surface area contributed by atoms with Crippen LogP contribution < -0.4 is 5.32 Å². The molecule has 1 unspecified atom stereocenters. The highest BCUT2D eigenvalue weighted by Crippen LogP contribution is 2.28. The van der Waals surface area contributed by atoms with Crippen molar-refractivity contribution in [2.75, 3.05) is 24.6 Å². The first-order valence-corrected chi connectivity index (χ1v) is 7.57. The molecule has 2 aliphatic rings. The quantitative estimate of drug-likeness (QED) is 0.792. The molecule has 0 aromatic heterocycles. The molecular formula is C12H22N2OS. The van der Waals surface area contributed by atoms with Crippen molar-refractivity contribution in [2.45, 2.75) is 44.7 Å². The van der Waals surface area contributed by atoms with Crippen molar-refractivity contribution in [3.05, 3.63) is 0 Å². The van der Waals surface area contributed by atoms with Gasteiger partial charge in [0.1, 0.15) is 0 Å². The lowest BCUT2D eigenvalue weighted by atomic mass is 10.2. The topological polar surface area (TPSA) is 32.3 Å². The van der Waals surface area contributed by atoms with Crippen molar-refractivity contribution >= 4 is 17.7 Å². The van der Waals surface area contributed by atoms with Crippen molar-refractivity contribution in [1.82, 2.24) is 10.2 Å². The summed E-state index contributed by atoms with van der Waals surface area (Å²) in [6, 6.07) is 0.980. The van der Waals surface area contributed by atoms with E-state index in [-0.39, 0.29) is 0 Å². The third-order valence-electron chi connectivity index (χ3n) is 3.19. The summed E-state index contributed by atoms with van der Waals surface area (Å²) in [6.07, 6.45) is 4.22. The minimum absolute atomic E-state index is 0.365. The maximum Gasteiger partial charge on any atom is 0.224 e. The van der Waals surface area contributed by atoms with Gasteiger partial charge in [0.15, 0.2) is 0 Å². The molecule has 16 heavy (non-hydrogen) atoms. The third-order valence-corrected chi connectivity index (χ3v) is 4.32. The van der Waals surface area contributed by atoms with Crippen LogP contribution in [0.1, 0.15) is 32.6 Å². The van der Waals surface area contributed by atoms with Gasteiger partial charge in [-0.25, -0.2) is 0 Å². The molecule has 4 heteroatoms. The zero-order chi connectivity index (χ0) is 11.4. The molecule has 2 rings (SSSR count). The maximum absolute atomic E-state index is 12.2. The van der Waals surface area contributed by atoms with Gasteiger partial charge in [0, 0.05) is 43.1 Å². The second kappa shape index (κ2) is 5.92. The van der Waals surface area contributed by atoms with E-state index in [2.05, 4.69) is 17.1 Å². The summed E-state index contributed by atoms with van der Waals surface area (Å²) in [5.41, 5.74) is 0.